The Morgan fingerprint density at radius 1 is 1.56 bits per heavy atom. The highest BCUT2D eigenvalue weighted by molar-refractivity contribution is 6.34. The van der Waals surface area contributed by atoms with Crippen molar-refractivity contribution in [3.05, 3.63) is 47.7 Å². The molecular weight excluding hydrogens is 222 g/mol. The van der Waals surface area contributed by atoms with Crippen LogP contribution in [0.2, 0.25) is 5.02 Å². The van der Waals surface area contributed by atoms with Crippen molar-refractivity contribution in [2.75, 3.05) is 7.05 Å². The number of hydrogen-bond donors (Lipinski definition) is 1. The Hall–Kier alpha value is -1.25. The molecule has 84 valence electrons. The van der Waals surface area contributed by atoms with Crippen LogP contribution in [-0.4, -0.2) is 7.05 Å². The van der Waals surface area contributed by atoms with Crippen molar-refractivity contribution in [2.24, 2.45) is 0 Å². The Morgan fingerprint density at radius 3 is 3.00 bits per heavy atom. The predicted octanol–water partition coefficient (Wildman–Crippen LogP) is 3.92. The molecule has 3 heteroatoms. The summed E-state index contributed by atoms with van der Waals surface area (Å²) in [6.07, 6.45) is 2.70. The van der Waals surface area contributed by atoms with Crippen LogP contribution < -0.4 is 5.32 Å². The number of fused-ring (bicyclic) bond motifs is 1. The van der Waals surface area contributed by atoms with E-state index in [-0.39, 0.29) is 6.04 Å². The van der Waals surface area contributed by atoms with Gasteiger partial charge in [-0.3, -0.25) is 0 Å². The van der Waals surface area contributed by atoms with Gasteiger partial charge in [-0.25, -0.2) is 0 Å². The summed E-state index contributed by atoms with van der Waals surface area (Å²) >= 11 is 6.06. The van der Waals surface area contributed by atoms with Gasteiger partial charge in [-0.15, -0.1) is 6.58 Å². The maximum absolute atomic E-state index is 6.06. The zero-order valence-corrected chi connectivity index (χ0v) is 9.92. The SMILES string of the molecule is C=CCC(NC)c1cc2cccc(Cl)c2o1. The summed E-state index contributed by atoms with van der Waals surface area (Å²) in [6, 6.07) is 7.92. The van der Waals surface area contributed by atoms with E-state index in [2.05, 4.69) is 11.9 Å². The molecular formula is C13H14ClNO. The first-order valence-electron chi connectivity index (χ1n) is 5.22. The second-order valence-electron chi connectivity index (χ2n) is 3.67. The van der Waals surface area contributed by atoms with E-state index >= 15 is 0 Å². The quantitative estimate of drug-likeness (QED) is 0.813. The lowest BCUT2D eigenvalue weighted by Crippen LogP contribution is -2.14. The highest BCUT2D eigenvalue weighted by Gasteiger charge is 2.14. The van der Waals surface area contributed by atoms with Crippen molar-refractivity contribution >= 4 is 22.6 Å². The summed E-state index contributed by atoms with van der Waals surface area (Å²) in [4.78, 5) is 0. The minimum atomic E-state index is 0.154. The molecule has 0 spiro atoms. The number of furan rings is 1. The lowest BCUT2D eigenvalue weighted by Gasteiger charge is -2.09. The summed E-state index contributed by atoms with van der Waals surface area (Å²) in [5, 5.41) is 4.88. The number of para-hydroxylation sites is 1. The fourth-order valence-electron chi connectivity index (χ4n) is 1.76. The lowest BCUT2D eigenvalue weighted by atomic mass is 10.1. The molecule has 0 amide bonds. The van der Waals surface area contributed by atoms with Gasteiger partial charge in [0, 0.05) is 5.39 Å². The summed E-state index contributed by atoms with van der Waals surface area (Å²) in [7, 11) is 1.91. The van der Waals surface area contributed by atoms with Gasteiger partial charge in [-0.2, -0.15) is 0 Å². The Bertz CT molecular complexity index is 504. The van der Waals surface area contributed by atoms with Crippen molar-refractivity contribution in [1.29, 1.82) is 0 Å². The van der Waals surface area contributed by atoms with Crippen molar-refractivity contribution < 1.29 is 4.42 Å². The summed E-state index contributed by atoms with van der Waals surface area (Å²) in [5.41, 5.74) is 0.753. The maximum atomic E-state index is 6.06. The van der Waals surface area contributed by atoms with Gasteiger partial charge < -0.3 is 9.73 Å². The zero-order valence-electron chi connectivity index (χ0n) is 9.16. The van der Waals surface area contributed by atoms with Crippen molar-refractivity contribution in [3.8, 4) is 0 Å². The molecule has 0 saturated heterocycles. The molecule has 1 aromatic heterocycles. The standard InChI is InChI=1S/C13H14ClNO/c1-3-5-11(15-2)12-8-9-6-4-7-10(14)13(9)16-12/h3-4,6-8,11,15H,1,5H2,2H3. The van der Waals surface area contributed by atoms with Crippen molar-refractivity contribution in [3.63, 3.8) is 0 Å². The molecule has 2 nitrogen and oxygen atoms in total. The summed E-state index contributed by atoms with van der Waals surface area (Å²) in [5.74, 6) is 0.894. The number of hydrogen-bond acceptors (Lipinski definition) is 2. The van der Waals surface area contributed by atoms with Gasteiger partial charge >= 0.3 is 0 Å². The number of rotatable bonds is 4. The smallest absolute Gasteiger partial charge is 0.152 e. The molecule has 1 heterocycles. The number of benzene rings is 1. The minimum Gasteiger partial charge on any atom is -0.458 e. The molecule has 2 aromatic rings. The third-order valence-electron chi connectivity index (χ3n) is 2.61. The monoisotopic (exact) mass is 235 g/mol. The van der Waals surface area contributed by atoms with Crippen LogP contribution in [0, 0.1) is 0 Å². The number of halogens is 1. The molecule has 1 unspecified atom stereocenters. The molecule has 0 radical (unpaired) electrons. The topological polar surface area (TPSA) is 25.2 Å². The highest BCUT2D eigenvalue weighted by Crippen LogP contribution is 2.30. The van der Waals surface area contributed by atoms with Gasteiger partial charge in [0.25, 0.3) is 0 Å². The summed E-state index contributed by atoms with van der Waals surface area (Å²) in [6.45, 7) is 3.74. The first kappa shape index (κ1) is 11.2. The van der Waals surface area contributed by atoms with Crippen LogP contribution >= 0.6 is 11.6 Å². The molecule has 0 fully saturated rings. The Labute approximate surface area is 99.9 Å². The second kappa shape index (κ2) is 4.73. The summed E-state index contributed by atoms with van der Waals surface area (Å²) < 4.78 is 5.76. The third kappa shape index (κ3) is 1.99. The third-order valence-corrected chi connectivity index (χ3v) is 2.91. The van der Waals surface area contributed by atoms with E-state index in [1.54, 1.807) is 0 Å². The number of nitrogens with one attached hydrogen (secondary N) is 1. The molecule has 1 N–H and O–H groups in total. The van der Waals surface area contributed by atoms with E-state index in [1.165, 1.54) is 0 Å². The molecule has 1 aromatic carbocycles. The average Bonchev–Trinajstić information content (AvgIpc) is 2.71. The molecule has 0 aliphatic heterocycles. The van der Waals surface area contributed by atoms with Crippen LogP contribution in [-0.2, 0) is 0 Å². The highest BCUT2D eigenvalue weighted by atomic mass is 35.5. The fraction of sp³-hybridized carbons (Fsp3) is 0.231. The molecule has 0 aliphatic rings. The van der Waals surface area contributed by atoms with Crippen LogP contribution in [0.1, 0.15) is 18.2 Å². The molecule has 16 heavy (non-hydrogen) atoms. The Balaban J connectivity index is 2.45. The molecule has 0 aliphatic carbocycles. The average molecular weight is 236 g/mol. The first-order valence-corrected chi connectivity index (χ1v) is 5.60. The predicted molar refractivity (Wildman–Crippen MR) is 67.8 cm³/mol. The molecule has 0 bridgehead atoms. The van der Waals surface area contributed by atoms with Gasteiger partial charge in [0.1, 0.15) is 5.76 Å². The lowest BCUT2D eigenvalue weighted by molar-refractivity contribution is 0.455. The van der Waals surface area contributed by atoms with Crippen molar-refractivity contribution in [2.45, 2.75) is 12.5 Å². The largest absolute Gasteiger partial charge is 0.458 e. The van der Waals surface area contributed by atoms with Crippen LogP contribution in [0.5, 0.6) is 0 Å². The zero-order chi connectivity index (χ0) is 11.5. The molecule has 1 atom stereocenters. The van der Waals surface area contributed by atoms with Crippen molar-refractivity contribution in [1.82, 2.24) is 5.32 Å². The second-order valence-corrected chi connectivity index (χ2v) is 4.08. The van der Waals surface area contributed by atoms with E-state index in [0.717, 1.165) is 23.2 Å². The van der Waals surface area contributed by atoms with Crippen LogP contribution in [0.4, 0.5) is 0 Å². The van der Waals surface area contributed by atoms with E-state index in [4.69, 9.17) is 16.0 Å². The van der Waals surface area contributed by atoms with E-state index < -0.39 is 0 Å². The van der Waals surface area contributed by atoms with Gasteiger partial charge in [-0.1, -0.05) is 29.8 Å². The van der Waals surface area contributed by atoms with Crippen LogP contribution in [0.3, 0.4) is 0 Å². The van der Waals surface area contributed by atoms with Crippen LogP contribution in [0.25, 0.3) is 11.0 Å². The first-order chi connectivity index (χ1) is 7.76. The van der Waals surface area contributed by atoms with Gasteiger partial charge in [0.2, 0.25) is 0 Å². The minimum absolute atomic E-state index is 0.154. The van der Waals surface area contributed by atoms with E-state index in [1.807, 2.05) is 37.4 Å². The molecule has 2 rings (SSSR count). The van der Waals surface area contributed by atoms with E-state index in [0.29, 0.717) is 5.02 Å². The van der Waals surface area contributed by atoms with Crippen LogP contribution in [0.15, 0.2) is 41.3 Å². The molecule has 0 saturated carbocycles. The maximum Gasteiger partial charge on any atom is 0.152 e. The van der Waals surface area contributed by atoms with Gasteiger partial charge in [0.05, 0.1) is 11.1 Å². The Morgan fingerprint density at radius 2 is 2.38 bits per heavy atom. The van der Waals surface area contributed by atoms with E-state index in [9.17, 15) is 0 Å². The fourth-order valence-corrected chi connectivity index (χ4v) is 1.98. The van der Waals surface area contributed by atoms with Gasteiger partial charge in [0.15, 0.2) is 5.58 Å². The Kier molecular flexibility index (Phi) is 3.32. The normalized spacial score (nSPS) is 12.9. The van der Waals surface area contributed by atoms with Gasteiger partial charge in [-0.05, 0) is 25.6 Å².